The Morgan fingerprint density at radius 2 is 1.78 bits per heavy atom. The first kappa shape index (κ1) is 21.2. The minimum Gasteiger partial charge on any atom is -0.376 e. The zero-order chi connectivity index (χ0) is 20.0. The van der Waals surface area contributed by atoms with E-state index in [4.69, 9.17) is 11.6 Å². The molecule has 0 aliphatic carbocycles. The molecule has 0 radical (unpaired) electrons. The van der Waals surface area contributed by atoms with Crippen LogP contribution in [0.15, 0.2) is 47.4 Å². The second-order valence-electron chi connectivity index (χ2n) is 5.93. The molecule has 0 fully saturated rings. The third-order valence-electron chi connectivity index (χ3n) is 4.17. The van der Waals surface area contributed by atoms with Crippen LogP contribution in [0.25, 0.3) is 0 Å². The van der Waals surface area contributed by atoms with Gasteiger partial charge in [0, 0.05) is 29.5 Å². The Morgan fingerprint density at radius 1 is 1.11 bits per heavy atom. The molecule has 0 atom stereocenters. The van der Waals surface area contributed by atoms with Gasteiger partial charge in [-0.2, -0.15) is 4.31 Å². The summed E-state index contributed by atoms with van der Waals surface area (Å²) in [6, 6.07) is 11.7. The van der Waals surface area contributed by atoms with Crippen molar-refractivity contribution in [3.63, 3.8) is 0 Å². The van der Waals surface area contributed by atoms with Crippen LogP contribution in [0.1, 0.15) is 19.4 Å². The van der Waals surface area contributed by atoms with Crippen LogP contribution in [0.3, 0.4) is 0 Å². The van der Waals surface area contributed by atoms with Gasteiger partial charge in [-0.3, -0.25) is 4.79 Å². The highest BCUT2D eigenvalue weighted by Gasteiger charge is 2.21. The quantitative estimate of drug-likeness (QED) is 0.696. The number of hydrogen-bond acceptors (Lipinski definition) is 4. The van der Waals surface area contributed by atoms with Crippen molar-refractivity contribution in [2.45, 2.75) is 25.7 Å². The van der Waals surface area contributed by atoms with Crippen LogP contribution in [0, 0.1) is 6.92 Å². The monoisotopic (exact) mass is 409 g/mol. The molecule has 0 aromatic heterocycles. The first-order chi connectivity index (χ1) is 12.8. The summed E-state index contributed by atoms with van der Waals surface area (Å²) in [4.78, 5) is 12.4. The molecule has 0 spiro atoms. The Morgan fingerprint density at radius 3 is 2.44 bits per heavy atom. The van der Waals surface area contributed by atoms with Gasteiger partial charge in [0.25, 0.3) is 0 Å². The summed E-state index contributed by atoms with van der Waals surface area (Å²) in [5.74, 6) is -0.252. The van der Waals surface area contributed by atoms with E-state index in [0.29, 0.717) is 29.5 Å². The highest BCUT2D eigenvalue weighted by atomic mass is 35.5. The van der Waals surface area contributed by atoms with E-state index in [1.165, 1.54) is 10.4 Å². The van der Waals surface area contributed by atoms with Crippen molar-refractivity contribution in [3.05, 3.63) is 53.1 Å². The number of hydrogen-bond donors (Lipinski definition) is 2. The van der Waals surface area contributed by atoms with Crippen LogP contribution in [0.4, 0.5) is 11.4 Å². The number of benzene rings is 2. The van der Waals surface area contributed by atoms with E-state index in [0.717, 1.165) is 5.56 Å². The number of carbonyl (C=O) groups is 1. The SMILES string of the molecule is CCN(CC)S(=O)(=O)c1cccc(NCC(=O)Nc2cccc(Cl)c2C)c1. The number of nitrogens with one attached hydrogen (secondary N) is 2. The smallest absolute Gasteiger partial charge is 0.243 e. The fourth-order valence-electron chi connectivity index (χ4n) is 2.60. The fraction of sp³-hybridized carbons (Fsp3) is 0.316. The highest BCUT2D eigenvalue weighted by Crippen LogP contribution is 2.23. The van der Waals surface area contributed by atoms with E-state index in [2.05, 4.69) is 10.6 Å². The van der Waals surface area contributed by atoms with Gasteiger partial charge in [-0.25, -0.2) is 8.42 Å². The summed E-state index contributed by atoms with van der Waals surface area (Å²) in [6.07, 6.45) is 0. The van der Waals surface area contributed by atoms with Crippen LogP contribution in [0.2, 0.25) is 5.02 Å². The van der Waals surface area contributed by atoms with Gasteiger partial charge >= 0.3 is 0 Å². The average Bonchev–Trinajstić information content (AvgIpc) is 2.65. The number of carbonyl (C=O) groups excluding carboxylic acids is 1. The molecule has 146 valence electrons. The van der Waals surface area contributed by atoms with E-state index in [1.54, 1.807) is 50.2 Å². The summed E-state index contributed by atoms with van der Waals surface area (Å²) in [5, 5.41) is 6.33. The van der Waals surface area contributed by atoms with E-state index >= 15 is 0 Å². The maximum absolute atomic E-state index is 12.6. The molecule has 1 amide bonds. The lowest BCUT2D eigenvalue weighted by Crippen LogP contribution is -2.30. The maximum Gasteiger partial charge on any atom is 0.243 e. The fourth-order valence-corrected chi connectivity index (χ4v) is 4.28. The predicted octanol–water partition coefficient (Wildman–Crippen LogP) is 3.73. The number of halogens is 1. The molecule has 0 aliphatic heterocycles. The van der Waals surface area contributed by atoms with Crippen molar-refractivity contribution in [3.8, 4) is 0 Å². The Hall–Kier alpha value is -2.09. The molecule has 8 heteroatoms. The number of rotatable bonds is 8. The lowest BCUT2D eigenvalue weighted by atomic mass is 10.2. The minimum absolute atomic E-state index is 0.000718. The molecule has 0 aliphatic rings. The first-order valence-corrected chi connectivity index (χ1v) is 10.5. The third kappa shape index (κ3) is 5.22. The van der Waals surface area contributed by atoms with E-state index in [9.17, 15) is 13.2 Å². The van der Waals surface area contributed by atoms with Gasteiger partial charge in [0.05, 0.1) is 11.4 Å². The topological polar surface area (TPSA) is 78.5 Å². The minimum atomic E-state index is -3.54. The molecule has 27 heavy (non-hydrogen) atoms. The van der Waals surface area contributed by atoms with Crippen LogP contribution >= 0.6 is 11.6 Å². The zero-order valence-electron chi connectivity index (χ0n) is 15.6. The average molecular weight is 410 g/mol. The molecular weight excluding hydrogens is 386 g/mol. The maximum atomic E-state index is 12.6. The van der Waals surface area contributed by atoms with Crippen LogP contribution in [-0.4, -0.2) is 38.3 Å². The van der Waals surface area contributed by atoms with Crippen LogP contribution in [0.5, 0.6) is 0 Å². The Balaban J connectivity index is 2.06. The van der Waals surface area contributed by atoms with Crippen molar-refractivity contribution in [1.82, 2.24) is 4.31 Å². The zero-order valence-corrected chi connectivity index (χ0v) is 17.2. The molecule has 0 saturated heterocycles. The van der Waals surface area contributed by atoms with Crippen molar-refractivity contribution in [2.75, 3.05) is 30.3 Å². The molecule has 2 N–H and O–H groups in total. The van der Waals surface area contributed by atoms with Gasteiger partial charge in [0.1, 0.15) is 0 Å². The summed E-state index contributed by atoms with van der Waals surface area (Å²) >= 11 is 6.05. The summed E-state index contributed by atoms with van der Waals surface area (Å²) in [5.41, 5.74) is 1.99. The molecule has 0 unspecified atom stereocenters. The lowest BCUT2D eigenvalue weighted by molar-refractivity contribution is -0.114. The summed E-state index contributed by atoms with van der Waals surface area (Å²) in [7, 11) is -3.54. The van der Waals surface area contributed by atoms with Gasteiger partial charge in [-0.05, 0) is 42.8 Å². The van der Waals surface area contributed by atoms with Crippen molar-refractivity contribution >= 4 is 38.9 Å². The molecular formula is C19H24ClN3O3S. The van der Waals surface area contributed by atoms with E-state index in [1.807, 2.05) is 6.92 Å². The Labute approximate surface area is 165 Å². The van der Waals surface area contributed by atoms with Crippen molar-refractivity contribution in [1.29, 1.82) is 0 Å². The molecule has 0 saturated carbocycles. The third-order valence-corrected chi connectivity index (χ3v) is 6.63. The van der Waals surface area contributed by atoms with Gasteiger partial charge in [-0.1, -0.05) is 37.6 Å². The van der Waals surface area contributed by atoms with Gasteiger partial charge in [0.2, 0.25) is 15.9 Å². The predicted molar refractivity (Wildman–Crippen MR) is 110 cm³/mol. The second kappa shape index (κ2) is 9.21. The van der Waals surface area contributed by atoms with Gasteiger partial charge in [0.15, 0.2) is 0 Å². The molecule has 2 rings (SSSR count). The number of nitrogens with zero attached hydrogens (tertiary/aromatic N) is 1. The van der Waals surface area contributed by atoms with Gasteiger partial charge < -0.3 is 10.6 Å². The molecule has 6 nitrogen and oxygen atoms in total. The number of anilines is 2. The Kier molecular flexibility index (Phi) is 7.24. The lowest BCUT2D eigenvalue weighted by Gasteiger charge is -2.19. The summed E-state index contributed by atoms with van der Waals surface area (Å²) in [6.45, 7) is 6.22. The standard InChI is InChI=1S/C19H24ClN3O3S/c1-4-23(5-2)27(25,26)16-9-6-8-15(12-16)21-13-19(24)22-18-11-7-10-17(20)14(18)3/h6-12,21H,4-5,13H2,1-3H3,(H,22,24). The van der Waals surface area contributed by atoms with Crippen LogP contribution < -0.4 is 10.6 Å². The molecule has 0 bridgehead atoms. The van der Waals surface area contributed by atoms with Crippen molar-refractivity contribution < 1.29 is 13.2 Å². The number of amides is 1. The molecule has 0 heterocycles. The summed E-state index contributed by atoms with van der Waals surface area (Å²) < 4.78 is 26.6. The molecule has 2 aromatic rings. The largest absolute Gasteiger partial charge is 0.376 e. The first-order valence-electron chi connectivity index (χ1n) is 8.68. The highest BCUT2D eigenvalue weighted by molar-refractivity contribution is 7.89. The van der Waals surface area contributed by atoms with Crippen LogP contribution in [-0.2, 0) is 14.8 Å². The molecule has 2 aromatic carbocycles. The van der Waals surface area contributed by atoms with E-state index < -0.39 is 10.0 Å². The van der Waals surface area contributed by atoms with E-state index in [-0.39, 0.29) is 17.3 Å². The number of sulfonamides is 1. The normalized spacial score (nSPS) is 11.4. The second-order valence-corrected chi connectivity index (χ2v) is 8.28. The van der Waals surface area contributed by atoms with Crippen molar-refractivity contribution in [2.24, 2.45) is 0 Å². The Bertz CT molecular complexity index is 912. The van der Waals surface area contributed by atoms with Gasteiger partial charge in [-0.15, -0.1) is 0 Å².